The molecule has 1 heterocycles. The second-order valence-electron chi connectivity index (χ2n) is 5.53. The molecule has 1 aromatic heterocycles. The molecule has 0 unspecified atom stereocenters. The summed E-state index contributed by atoms with van der Waals surface area (Å²) < 4.78 is 0. The van der Waals surface area contributed by atoms with E-state index in [1.54, 1.807) is 12.1 Å². The molecular weight excluding hydrogens is 244 g/mol. The van der Waals surface area contributed by atoms with Crippen LogP contribution in [0.3, 0.4) is 0 Å². The van der Waals surface area contributed by atoms with Crippen LogP contribution in [-0.4, -0.2) is 28.5 Å². The highest BCUT2D eigenvalue weighted by atomic mass is 16.4. The topological polar surface area (TPSA) is 79.3 Å². The lowest BCUT2D eigenvalue weighted by Crippen LogP contribution is -2.32. The third-order valence-electron chi connectivity index (χ3n) is 4.14. The first-order valence-corrected chi connectivity index (χ1v) is 6.59. The molecule has 2 aliphatic rings. The first-order valence-electron chi connectivity index (χ1n) is 6.59. The SMILES string of the molecule is O=C(O)c1cccc(C(=O)NCC2(C3CC3)CC2)n1. The fourth-order valence-corrected chi connectivity index (χ4v) is 2.61. The Morgan fingerprint density at radius 1 is 1.32 bits per heavy atom. The van der Waals surface area contributed by atoms with Crippen LogP contribution in [0.15, 0.2) is 18.2 Å². The first kappa shape index (κ1) is 12.1. The van der Waals surface area contributed by atoms with E-state index in [2.05, 4.69) is 10.3 Å². The van der Waals surface area contributed by atoms with Crippen LogP contribution in [-0.2, 0) is 0 Å². The van der Waals surface area contributed by atoms with E-state index in [4.69, 9.17) is 5.11 Å². The minimum atomic E-state index is -1.12. The average Bonchev–Trinajstić information content (AvgIpc) is 3.28. The van der Waals surface area contributed by atoms with Crippen LogP contribution >= 0.6 is 0 Å². The molecule has 2 aliphatic carbocycles. The molecule has 2 fully saturated rings. The van der Waals surface area contributed by atoms with Crippen LogP contribution < -0.4 is 5.32 Å². The van der Waals surface area contributed by atoms with Gasteiger partial charge in [0.25, 0.3) is 5.91 Å². The van der Waals surface area contributed by atoms with Gasteiger partial charge < -0.3 is 10.4 Å². The van der Waals surface area contributed by atoms with E-state index in [1.807, 2.05) is 0 Å². The number of aromatic carboxylic acids is 1. The van der Waals surface area contributed by atoms with Crippen molar-refractivity contribution in [1.29, 1.82) is 0 Å². The third-order valence-corrected chi connectivity index (χ3v) is 4.14. The number of hydrogen-bond donors (Lipinski definition) is 2. The lowest BCUT2D eigenvalue weighted by molar-refractivity contribution is 0.0690. The molecule has 5 nitrogen and oxygen atoms in total. The molecule has 2 N–H and O–H groups in total. The lowest BCUT2D eigenvalue weighted by atomic mass is 10.0. The normalized spacial score (nSPS) is 19.8. The van der Waals surface area contributed by atoms with E-state index in [0.29, 0.717) is 12.0 Å². The lowest BCUT2D eigenvalue weighted by Gasteiger charge is -2.14. The van der Waals surface area contributed by atoms with Crippen LogP contribution in [0.4, 0.5) is 0 Å². The Morgan fingerprint density at radius 2 is 2.00 bits per heavy atom. The Labute approximate surface area is 111 Å². The number of amides is 1. The van der Waals surface area contributed by atoms with Gasteiger partial charge in [-0.2, -0.15) is 0 Å². The second-order valence-corrected chi connectivity index (χ2v) is 5.53. The van der Waals surface area contributed by atoms with Gasteiger partial charge in [-0.3, -0.25) is 4.79 Å². The van der Waals surface area contributed by atoms with Gasteiger partial charge in [0.05, 0.1) is 0 Å². The minimum Gasteiger partial charge on any atom is -0.477 e. The van der Waals surface area contributed by atoms with E-state index in [9.17, 15) is 9.59 Å². The summed E-state index contributed by atoms with van der Waals surface area (Å²) in [6, 6.07) is 4.46. The highest BCUT2D eigenvalue weighted by molar-refractivity contribution is 5.94. The second kappa shape index (κ2) is 4.33. The molecule has 0 aromatic carbocycles. The summed E-state index contributed by atoms with van der Waals surface area (Å²) in [4.78, 5) is 26.6. The Balaban J connectivity index is 1.63. The van der Waals surface area contributed by atoms with Crippen molar-refractivity contribution in [3.8, 4) is 0 Å². The van der Waals surface area contributed by atoms with Crippen molar-refractivity contribution < 1.29 is 14.7 Å². The molecule has 0 bridgehead atoms. The van der Waals surface area contributed by atoms with E-state index in [-0.39, 0.29) is 17.3 Å². The largest absolute Gasteiger partial charge is 0.477 e. The zero-order valence-corrected chi connectivity index (χ0v) is 10.6. The number of nitrogens with zero attached hydrogens (tertiary/aromatic N) is 1. The summed E-state index contributed by atoms with van der Waals surface area (Å²) in [5, 5.41) is 11.7. The van der Waals surface area contributed by atoms with Crippen molar-refractivity contribution >= 4 is 11.9 Å². The summed E-state index contributed by atoms with van der Waals surface area (Å²) in [5.41, 5.74) is 0.405. The van der Waals surface area contributed by atoms with E-state index >= 15 is 0 Å². The molecule has 5 heteroatoms. The van der Waals surface area contributed by atoms with Gasteiger partial charge in [0, 0.05) is 6.54 Å². The Hall–Kier alpha value is -1.91. The number of carbonyl (C=O) groups excluding carboxylic acids is 1. The summed E-state index contributed by atoms with van der Waals surface area (Å²) in [6.45, 7) is 0.690. The van der Waals surface area contributed by atoms with Gasteiger partial charge in [-0.05, 0) is 49.1 Å². The molecule has 1 amide bonds. The van der Waals surface area contributed by atoms with Gasteiger partial charge >= 0.3 is 5.97 Å². The van der Waals surface area contributed by atoms with Crippen molar-refractivity contribution in [2.24, 2.45) is 11.3 Å². The van der Waals surface area contributed by atoms with E-state index in [1.165, 1.54) is 31.7 Å². The average molecular weight is 260 g/mol. The number of rotatable bonds is 5. The zero-order valence-electron chi connectivity index (χ0n) is 10.6. The minimum absolute atomic E-state index is 0.101. The fourth-order valence-electron chi connectivity index (χ4n) is 2.61. The molecule has 3 rings (SSSR count). The maximum absolute atomic E-state index is 12.0. The number of aromatic nitrogens is 1. The monoisotopic (exact) mass is 260 g/mol. The van der Waals surface area contributed by atoms with Crippen molar-refractivity contribution in [2.75, 3.05) is 6.54 Å². The Morgan fingerprint density at radius 3 is 2.58 bits per heavy atom. The van der Waals surface area contributed by atoms with E-state index in [0.717, 1.165) is 5.92 Å². The molecule has 0 atom stereocenters. The molecule has 19 heavy (non-hydrogen) atoms. The smallest absolute Gasteiger partial charge is 0.354 e. The molecule has 0 saturated heterocycles. The fraction of sp³-hybridized carbons (Fsp3) is 0.500. The van der Waals surface area contributed by atoms with Gasteiger partial charge in [-0.1, -0.05) is 6.07 Å². The summed E-state index contributed by atoms with van der Waals surface area (Å²) in [7, 11) is 0. The highest BCUT2D eigenvalue weighted by Gasteiger charge is 2.53. The predicted molar refractivity (Wildman–Crippen MR) is 67.9 cm³/mol. The van der Waals surface area contributed by atoms with Crippen molar-refractivity contribution in [3.63, 3.8) is 0 Å². The number of pyridine rings is 1. The first-order chi connectivity index (χ1) is 9.11. The maximum atomic E-state index is 12.0. The van der Waals surface area contributed by atoms with Crippen molar-refractivity contribution in [2.45, 2.75) is 25.7 Å². The number of carboxylic acids is 1. The molecule has 2 saturated carbocycles. The van der Waals surface area contributed by atoms with Crippen LogP contribution in [0, 0.1) is 11.3 Å². The maximum Gasteiger partial charge on any atom is 0.354 e. The molecule has 1 aromatic rings. The Kier molecular flexibility index (Phi) is 2.77. The summed E-state index contributed by atoms with van der Waals surface area (Å²) in [6.07, 6.45) is 4.95. The van der Waals surface area contributed by atoms with Crippen molar-refractivity contribution in [1.82, 2.24) is 10.3 Å². The van der Waals surface area contributed by atoms with Crippen LogP contribution in [0.2, 0.25) is 0 Å². The zero-order chi connectivity index (χ0) is 13.5. The van der Waals surface area contributed by atoms with Gasteiger partial charge in [0.15, 0.2) is 0 Å². The van der Waals surface area contributed by atoms with Gasteiger partial charge in [-0.15, -0.1) is 0 Å². The third kappa shape index (κ3) is 2.45. The number of hydrogen-bond acceptors (Lipinski definition) is 3. The quantitative estimate of drug-likeness (QED) is 0.844. The summed E-state index contributed by atoms with van der Waals surface area (Å²) >= 11 is 0. The van der Waals surface area contributed by atoms with Gasteiger partial charge in [0.2, 0.25) is 0 Å². The molecule has 0 aliphatic heterocycles. The molecule has 0 radical (unpaired) electrons. The van der Waals surface area contributed by atoms with E-state index < -0.39 is 5.97 Å². The molecule has 100 valence electrons. The highest BCUT2D eigenvalue weighted by Crippen LogP contribution is 2.60. The van der Waals surface area contributed by atoms with Gasteiger partial charge in [0.1, 0.15) is 11.4 Å². The number of nitrogens with one attached hydrogen (secondary N) is 1. The Bertz CT molecular complexity index is 533. The van der Waals surface area contributed by atoms with Crippen molar-refractivity contribution in [3.05, 3.63) is 29.6 Å². The number of carbonyl (C=O) groups is 2. The van der Waals surface area contributed by atoms with Crippen LogP contribution in [0.5, 0.6) is 0 Å². The van der Waals surface area contributed by atoms with Crippen LogP contribution in [0.1, 0.15) is 46.7 Å². The molecule has 0 spiro atoms. The van der Waals surface area contributed by atoms with Gasteiger partial charge in [-0.25, -0.2) is 9.78 Å². The molecular formula is C14H16N2O3. The summed E-state index contributed by atoms with van der Waals surface area (Å²) in [5.74, 6) is -0.618. The van der Waals surface area contributed by atoms with Crippen LogP contribution in [0.25, 0.3) is 0 Å². The number of carboxylic acid groups (broad SMARTS) is 1. The predicted octanol–water partition coefficient (Wildman–Crippen LogP) is 1.70. The standard InChI is InChI=1S/C14H16N2O3/c17-12(10-2-1-3-11(16-10)13(18)19)15-8-14(6-7-14)9-4-5-9/h1-3,9H,4-8H2,(H,15,17)(H,18,19).